The summed E-state index contributed by atoms with van der Waals surface area (Å²) in [5.41, 5.74) is 5.19. The number of thiazole rings is 1. The summed E-state index contributed by atoms with van der Waals surface area (Å²) in [6.07, 6.45) is 5.27. The number of allylic oxidation sites excluding steroid dienone is 1. The molecule has 0 radical (unpaired) electrons. The van der Waals surface area contributed by atoms with E-state index in [0.29, 0.717) is 27.3 Å². The Balaban J connectivity index is 1.58. The molecule has 5 rings (SSSR count). The fourth-order valence-corrected chi connectivity index (χ4v) is 5.98. The van der Waals surface area contributed by atoms with Gasteiger partial charge in [0.25, 0.3) is 0 Å². The first kappa shape index (κ1) is 24.0. The molecule has 3 aromatic rings. The summed E-state index contributed by atoms with van der Waals surface area (Å²) in [4.78, 5) is 17.7. The Bertz CT molecular complexity index is 1300. The van der Waals surface area contributed by atoms with Crippen molar-refractivity contribution in [2.24, 2.45) is 11.0 Å². The van der Waals surface area contributed by atoms with Gasteiger partial charge in [-0.3, -0.25) is 0 Å². The number of esters is 1. The number of hydrogen-bond donors (Lipinski definition) is 0. The number of hydrazone groups is 1. The van der Waals surface area contributed by atoms with Gasteiger partial charge in [0, 0.05) is 16.0 Å². The molecule has 0 N–H and O–H groups in total. The zero-order valence-electron chi connectivity index (χ0n) is 19.5. The molecule has 2 aliphatic rings. The molecular weight excluding hydrogens is 501 g/mol. The molecule has 0 amide bonds. The summed E-state index contributed by atoms with van der Waals surface area (Å²) < 4.78 is 5.24. The van der Waals surface area contributed by atoms with E-state index in [-0.39, 0.29) is 17.9 Å². The molecule has 1 aromatic heterocycles. The predicted octanol–water partition coefficient (Wildman–Crippen LogP) is 7.74. The van der Waals surface area contributed by atoms with Crippen LogP contribution in [-0.4, -0.2) is 23.3 Å². The standard InChI is InChI=1S/C27H25Cl2N3O2S/c1-3-34-26(33)25-16(2)30-27(35-25)32-24(18-9-13-21(29)14-10-18)22-6-4-5-19(23(22)31-32)15-17-7-11-20(28)12-8-17/h7-15,22,24H,3-6H2,1-2H3/b19-15-/t22-,24+/m1/s1. The second-order valence-electron chi connectivity index (χ2n) is 8.68. The van der Waals surface area contributed by atoms with Crippen LogP contribution in [0.4, 0.5) is 5.13 Å². The number of nitrogens with zero attached hydrogens (tertiary/aromatic N) is 3. The lowest BCUT2D eigenvalue weighted by atomic mass is 9.77. The average molecular weight is 526 g/mol. The Labute approximate surface area is 219 Å². The highest BCUT2D eigenvalue weighted by atomic mass is 35.5. The number of anilines is 1. The van der Waals surface area contributed by atoms with Crippen LogP contribution in [0.25, 0.3) is 6.08 Å². The third kappa shape index (κ3) is 4.88. The SMILES string of the molecule is CCOC(=O)c1sc(N2N=C3/C(=C\c4ccc(Cl)cc4)CCC[C@H]3[C@@H]2c2ccc(Cl)cc2)nc1C. The molecule has 2 atom stereocenters. The predicted molar refractivity (Wildman–Crippen MR) is 144 cm³/mol. The van der Waals surface area contributed by atoms with E-state index in [1.165, 1.54) is 16.9 Å². The summed E-state index contributed by atoms with van der Waals surface area (Å²) in [5, 5.41) is 9.23. The molecule has 180 valence electrons. The second-order valence-corrected chi connectivity index (χ2v) is 10.5. The number of aromatic nitrogens is 1. The highest BCUT2D eigenvalue weighted by Gasteiger charge is 2.43. The van der Waals surface area contributed by atoms with E-state index >= 15 is 0 Å². The highest BCUT2D eigenvalue weighted by molar-refractivity contribution is 7.17. The summed E-state index contributed by atoms with van der Waals surface area (Å²) in [6.45, 7) is 3.97. The maximum atomic E-state index is 12.5. The zero-order chi connectivity index (χ0) is 24.5. The van der Waals surface area contributed by atoms with E-state index in [4.69, 9.17) is 38.0 Å². The quantitative estimate of drug-likeness (QED) is 0.319. The first-order chi connectivity index (χ1) is 16.9. The van der Waals surface area contributed by atoms with Gasteiger partial charge in [-0.15, -0.1) is 0 Å². The lowest BCUT2D eigenvalue weighted by Gasteiger charge is -2.29. The Hall–Kier alpha value is -2.67. The van der Waals surface area contributed by atoms with Gasteiger partial charge in [0.2, 0.25) is 5.13 Å². The van der Waals surface area contributed by atoms with Crippen molar-refractivity contribution in [1.29, 1.82) is 0 Å². The minimum absolute atomic E-state index is 0.0308. The Kier molecular flexibility index (Phi) is 6.96. The summed E-state index contributed by atoms with van der Waals surface area (Å²) in [7, 11) is 0. The number of rotatable bonds is 5. The fourth-order valence-electron chi connectivity index (χ4n) is 4.78. The minimum Gasteiger partial charge on any atom is -0.462 e. The third-order valence-electron chi connectivity index (χ3n) is 6.37. The van der Waals surface area contributed by atoms with Gasteiger partial charge in [-0.25, -0.2) is 14.8 Å². The lowest BCUT2D eigenvalue weighted by molar-refractivity contribution is 0.0531. The monoisotopic (exact) mass is 525 g/mol. The topological polar surface area (TPSA) is 54.8 Å². The smallest absolute Gasteiger partial charge is 0.350 e. The van der Waals surface area contributed by atoms with Crippen LogP contribution in [0.15, 0.2) is 59.2 Å². The van der Waals surface area contributed by atoms with Crippen LogP contribution in [0, 0.1) is 12.8 Å². The molecule has 0 saturated heterocycles. The summed E-state index contributed by atoms with van der Waals surface area (Å²) in [5.74, 6) is -0.136. The zero-order valence-corrected chi connectivity index (χ0v) is 21.8. The lowest BCUT2D eigenvalue weighted by Crippen LogP contribution is -2.28. The van der Waals surface area contributed by atoms with Crippen LogP contribution in [0.2, 0.25) is 10.0 Å². The molecule has 0 unspecified atom stereocenters. The maximum absolute atomic E-state index is 12.5. The van der Waals surface area contributed by atoms with Crippen molar-refractivity contribution in [3.63, 3.8) is 0 Å². The van der Waals surface area contributed by atoms with Gasteiger partial charge < -0.3 is 4.74 Å². The molecule has 1 aliphatic heterocycles. The van der Waals surface area contributed by atoms with Crippen LogP contribution in [0.1, 0.15) is 58.7 Å². The maximum Gasteiger partial charge on any atom is 0.350 e. The molecule has 2 heterocycles. The van der Waals surface area contributed by atoms with E-state index in [0.717, 1.165) is 41.1 Å². The third-order valence-corrected chi connectivity index (χ3v) is 8.00. The van der Waals surface area contributed by atoms with Crippen LogP contribution in [0.3, 0.4) is 0 Å². The van der Waals surface area contributed by atoms with Gasteiger partial charge in [-0.1, -0.05) is 58.8 Å². The van der Waals surface area contributed by atoms with E-state index in [2.05, 4.69) is 18.2 Å². The van der Waals surface area contributed by atoms with E-state index in [1.54, 1.807) is 6.92 Å². The van der Waals surface area contributed by atoms with E-state index in [1.807, 2.05) is 48.3 Å². The second kappa shape index (κ2) is 10.1. The van der Waals surface area contributed by atoms with Crippen LogP contribution in [0.5, 0.6) is 0 Å². The van der Waals surface area contributed by atoms with Gasteiger partial charge in [-0.2, -0.15) is 5.10 Å². The van der Waals surface area contributed by atoms with Crippen LogP contribution >= 0.6 is 34.5 Å². The molecule has 8 heteroatoms. The molecule has 1 fully saturated rings. The average Bonchev–Trinajstić information content (AvgIpc) is 3.43. The Morgan fingerprint density at radius 2 is 1.83 bits per heavy atom. The molecule has 0 spiro atoms. The minimum atomic E-state index is -0.343. The van der Waals surface area contributed by atoms with Crippen LogP contribution in [-0.2, 0) is 4.74 Å². The molecule has 5 nitrogen and oxygen atoms in total. The van der Waals surface area contributed by atoms with Crippen molar-refractivity contribution in [2.45, 2.75) is 39.2 Å². The van der Waals surface area contributed by atoms with Crippen molar-refractivity contribution < 1.29 is 9.53 Å². The first-order valence-corrected chi connectivity index (χ1v) is 13.3. The van der Waals surface area contributed by atoms with Crippen molar-refractivity contribution in [1.82, 2.24) is 4.98 Å². The van der Waals surface area contributed by atoms with Crippen molar-refractivity contribution in [2.75, 3.05) is 11.6 Å². The van der Waals surface area contributed by atoms with E-state index < -0.39 is 0 Å². The number of benzene rings is 2. The Morgan fingerprint density at radius 1 is 1.14 bits per heavy atom. The van der Waals surface area contributed by atoms with Crippen LogP contribution < -0.4 is 5.01 Å². The first-order valence-electron chi connectivity index (χ1n) is 11.7. The van der Waals surface area contributed by atoms with Gasteiger partial charge in [0.1, 0.15) is 4.88 Å². The number of halogens is 2. The van der Waals surface area contributed by atoms with Gasteiger partial charge >= 0.3 is 5.97 Å². The molecule has 2 aromatic carbocycles. The fraction of sp³-hybridized carbons (Fsp3) is 0.296. The number of carbonyl (C=O) groups excluding carboxylic acids is 1. The summed E-state index contributed by atoms with van der Waals surface area (Å²) >= 11 is 13.6. The molecule has 1 saturated carbocycles. The largest absolute Gasteiger partial charge is 0.462 e. The van der Waals surface area contributed by atoms with Crippen molar-refractivity contribution >= 4 is 57.4 Å². The van der Waals surface area contributed by atoms with E-state index in [9.17, 15) is 4.79 Å². The number of carbonyl (C=O) groups is 1. The van der Waals surface area contributed by atoms with Gasteiger partial charge in [-0.05, 0) is 80.2 Å². The molecule has 1 aliphatic carbocycles. The summed E-state index contributed by atoms with van der Waals surface area (Å²) in [6, 6.07) is 15.8. The molecule has 35 heavy (non-hydrogen) atoms. The Morgan fingerprint density at radius 3 is 2.51 bits per heavy atom. The number of hydrogen-bond acceptors (Lipinski definition) is 6. The van der Waals surface area contributed by atoms with Crippen molar-refractivity contribution in [3.8, 4) is 0 Å². The highest BCUT2D eigenvalue weighted by Crippen LogP contribution is 2.47. The van der Waals surface area contributed by atoms with Crippen molar-refractivity contribution in [3.05, 3.63) is 85.8 Å². The molecule has 0 bridgehead atoms. The molecular formula is C27H25Cl2N3O2S. The number of fused-ring (bicyclic) bond motifs is 1. The normalized spacial score (nSPS) is 20.6. The number of aryl methyl sites for hydroxylation is 1. The van der Waals surface area contributed by atoms with Gasteiger partial charge in [0.05, 0.1) is 24.1 Å². The van der Waals surface area contributed by atoms with Gasteiger partial charge in [0.15, 0.2) is 0 Å². The number of ether oxygens (including phenoxy) is 1.